The predicted octanol–water partition coefficient (Wildman–Crippen LogP) is 8.48. The topological polar surface area (TPSA) is 71.0 Å². The number of para-hydroxylation sites is 1. The number of hydrogen-bond donors (Lipinski definition) is 1. The number of ketones is 1. The molecule has 4 aromatic carbocycles. The zero-order chi connectivity index (χ0) is 32.0. The van der Waals surface area contributed by atoms with Gasteiger partial charge in [0.2, 0.25) is 5.60 Å². The van der Waals surface area contributed by atoms with Crippen LogP contribution < -0.4 is 5.32 Å². The maximum Gasteiger partial charge on any atom is 0.250 e. The fourth-order valence-electron chi connectivity index (χ4n) is 8.81. The third-order valence-corrected chi connectivity index (χ3v) is 11.7. The van der Waals surface area contributed by atoms with Crippen LogP contribution >= 0.6 is 46.4 Å². The Kier molecular flexibility index (Phi) is 6.88. The minimum Gasteiger partial charge on any atom is -0.380 e. The largest absolute Gasteiger partial charge is 0.380 e. The van der Waals surface area contributed by atoms with Crippen molar-refractivity contribution < 1.29 is 14.4 Å². The highest BCUT2D eigenvalue weighted by atomic mass is 35.5. The molecular weight excluding hydrogens is 664 g/mol. The summed E-state index contributed by atoms with van der Waals surface area (Å²) in [5.41, 5.74) is 0.169. The molecule has 1 saturated heterocycles. The fourth-order valence-corrected chi connectivity index (χ4v) is 9.65. The lowest BCUT2D eigenvalue weighted by Gasteiger charge is -2.44. The van der Waals surface area contributed by atoms with E-state index >= 15 is 4.79 Å². The molecule has 1 saturated carbocycles. The smallest absolute Gasteiger partial charge is 0.250 e. The van der Waals surface area contributed by atoms with Crippen molar-refractivity contribution in [3.8, 4) is 0 Å². The van der Waals surface area contributed by atoms with Gasteiger partial charge in [0.15, 0.2) is 5.78 Å². The number of Topliss-reactive ketones (excluding diaryl/α,β-unsaturated/α-hetero) is 1. The molecule has 0 bridgehead atoms. The average Bonchev–Trinajstić information content (AvgIpc) is 3.74. The number of carbonyl (C=O) groups is 2. The molecule has 10 heteroatoms. The SMILES string of the molecule is CN1CC(c2ccc(Cl)cc2)[C@@]2(CC[C@]3(ON=C(c4c(Cl)cccc4Cl)C3c3ccc(Cl)cc3)C2=O)C12C(=O)Nc1ccccc12. The summed E-state index contributed by atoms with van der Waals surface area (Å²) in [6, 6.07) is 27.8. The maximum absolute atomic E-state index is 15.9. The van der Waals surface area contributed by atoms with Gasteiger partial charge in [-0.3, -0.25) is 14.5 Å². The van der Waals surface area contributed by atoms with Crippen molar-refractivity contribution in [2.24, 2.45) is 10.6 Å². The molecular formula is C36H27Cl4N3O3. The van der Waals surface area contributed by atoms with Gasteiger partial charge >= 0.3 is 0 Å². The summed E-state index contributed by atoms with van der Waals surface area (Å²) in [5, 5.41) is 9.67. The summed E-state index contributed by atoms with van der Waals surface area (Å²) in [4.78, 5) is 39.0. The van der Waals surface area contributed by atoms with E-state index in [9.17, 15) is 4.79 Å². The zero-order valence-corrected chi connectivity index (χ0v) is 27.6. The number of hydrogen-bond acceptors (Lipinski definition) is 5. The van der Waals surface area contributed by atoms with Crippen molar-refractivity contribution in [2.75, 3.05) is 18.9 Å². The summed E-state index contributed by atoms with van der Waals surface area (Å²) in [6.07, 6.45) is 0.678. The molecule has 3 unspecified atom stereocenters. The minimum atomic E-state index is -1.45. The van der Waals surface area contributed by atoms with Gasteiger partial charge in [-0.2, -0.15) is 0 Å². The van der Waals surface area contributed by atoms with Gasteiger partial charge in [-0.15, -0.1) is 0 Å². The first-order valence-corrected chi connectivity index (χ1v) is 16.5. The minimum absolute atomic E-state index is 0.182. The van der Waals surface area contributed by atoms with Crippen LogP contribution in [0.1, 0.15) is 46.9 Å². The van der Waals surface area contributed by atoms with Gasteiger partial charge in [0.1, 0.15) is 11.3 Å². The van der Waals surface area contributed by atoms with Crippen molar-refractivity contribution in [3.05, 3.63) is 133 Å². The quantitative estimate of drug-likeness (QED) is 0.234. The molecule has 1 amide bonds. The van der Waals surface area contributed by atoms with E-state index in [1.807, 2.05) is 72.6 Å². The Bertz CT molecular complexity index is 1950. The number of anilines is 1. The van der Waals surface area contributed by atoms with Crippen LogP contribution in [0.25, 0.3) is 0 Å². The summed E-state index contributed by atoms with van der Waals surface area (Å²) in [7, 11) is 1.93. The highest BCUT2D eigenvalue weighted by molar-refractivity contribution is 6.41. The Balaban J connectivity index is 1.37. The van der Waals surface area contributed by atoms with E-state index in [0.717, 1.165) is 16.7 Å². The molecule has 0 aromatic heterocycles. The number of oxime groups is 1. The Morgan fingerprint density at radius 1 is 0.804 bits per heavy atom. The van der Waals surface area contributed by atoms with E-state index in [1.54, 1.807) is 30.3 Å². The van der Waals surface area contributed by atoms with E-state index in [0.29, 0.717) is 56.4 Å². The molecule has 232 valence electrons. The Morgan fingerprint density at radius 3 is 2.11 bits per heavy atom. The molecule has 4 aromatic rings. The number of likely N-dealkylation sites (tertiary alicyclic amines) is 1. The van der Waals surface area contributed by atoms with E-state index in [-0.39, 0.29) is 17.6 Å². The van der Waals surface area contributed by atoms with Crippen LogP contribution in [0.4, 0.5) is 5.69 Å². The first-order valence-electron chi connectivity index (χ1n) is 15.0. The van der Waals surface area contributed by atoms with Gasteiger partial charge in [-0.25, -0.2) is 0 Å². The molecule has 3 heterocycles. The van der Waals surface area contributed by atoms with Crippen molar-refractivity contribution in [2.45, 2.75) is 35.8 Å². The molecule has 3 aliphatic heterocycles. The van der Waals surface area contributed by atoms with E-state index in [2.05, 4.69) is 10.5 Å². The molecule has 4 aliphatic rings. The second kappa shape index (κ2) is 10.6. The molecule has 6 nitrogen and oxygen atoms in total. The van der Waals surface area contributed by atoms with Gasteiger partial charge in [-0.1, -0.05) is 100 Å². The van der Waals surface area contributed by atoms with E-state index in [4.69, 9.17) is 51.2 Å². The molecule has 1 aliphatic carbocycles. The molecule has 1 N–H and O–H groups in total. The summed E-state index contributed by atoms with van der Waals surface area (Å²) >= 11 is 26.2. The predicted molar refractivity (Wildman–Crippen MR) is 181 cm³/mol. The third-order valence-electron chi connectivity index (χ3n) is 10.6. The van der Waals surface area contributed by atoms with Gasteiger partial charge in [0.25, 0.3) is 5.91 Å². The van der Waals surface area contributed by atoms with Crippen molar-refractivity contribution in [3.63, 3.8) is 0 Å². The van der Waals surface area contributed by atoms with Crippen molar-refractivity contribution in [1.29, 1.82) is 0 Å². The van der Waals surface area contributed by atoms with Crippen LogP contribution in [0.3, 0.4) is 0 Å². The summed E-state index contributed by atoms with van der Waals surface area (Å²) in [5.74, 6) is -1.45. The zero-order valence-electron chi connectivity index (χ0n) is 24.6. The molecule has 8 rings (SSSR count). The highest BCUT2D eigenvalue weighted by Crippen LogP contribution is 2.70. The Morgan fingerprint density at radius 2 is 1.43 bits per heavy atom. The number of fused-ring (bicyclic) bond motifs is 3. The second-order valence-electron chi connectivity index (χ2n) is 12.5. The van der Waals surface area contributed by atoms with Gasteiger partial charge in [0, 0.05) is 39.3 Å². The average molecular weight is 691 g/mol. The number of benzene rings is 4. The number of halogens is 4. The number of rotatable bonds is 3. The number of nitrogens with one attached hydrogen (secondary N) is 1. The third kappa shape index (κ3) is 3.79. The van der Waals surface area contributed by atoms with Crippen molar-refractivity contribution in [1.82, 2.24) is 4.90 Å². The number of nitrogens with zero attached hydrogens (tertiary/aromatic N) is 2. The second-order valence-corrected chi connectivity index (χ2v) is 14.2. The maximum atomic E-state index is 15.9. The van der Waals surface area contributed by atoms with Crippen molar-refractivity contribution >= 4 is 69.5 Å². The fraction of sp³-hybridized carbons (Fsp3) is 0.250. The monoisotopic (exact) mass is 689 g/mol. The van der Waals surface area contributed by atoms with Crippen LogP contribution in [0.15, 0.2) is 96.2 Å². The van der Waals surface area contributed by atoms with Crippen LogP contribution in [-0.2, 0) is 20.0 Å². The van der Waals surface area contributed by atoms with Gasteiger partial charge in [-0.05, 0) is 73.5 Å². The summed E-state index contributed by atoms with van der Waals surface area (Å²) in [6.45, 7) is 0.459. The standard InChI is InChI=1S/C36H27Cl4N3O3/c1-43-19-25(20-9-13-22(37)14-10-20)34(36(43)24-5-2-3-8-28(24)41-33(36)45)17-18-35(32(34)44)30(21-11-15-23(38)16-12-21)31(42-46-35)29-26(39)6-4-7-27(29)40/h2-16,25,30H,17-19H2,1H3,(H,41,45)/t25?,30?,34-,35-,36?/m1/s1. The first-order chi connectivity index (χ1) is 22.1. The Hall–Kier alpha value is -3.39. The number of carbonyl (C=O) groups excluding carboxylic acids is 2. The van der Waals surface area contributed by atoms with E-state index in [1.165, 1.54) is 0 Å². The number of amides is 1. The van der Waals surface area contributed by atoms with Crippen LogP contribution in [0.5, 0.6) is 0 Å². The Labute approximate surface area is 286 Å². The van der Waals surface area contributed by atoms with Crippen LogP contribution in [0, 0.1) is 5.41 Å². The lowest BCUT2D eigenvalue weighted by atomic mass is 9.58. The highest BCUT2D eigenvalue weighted by Gasteiger charge is 2.80. The number of likely N-dealkylation sites (N-methyl/N-ethyl adjacent to an activating group) is 1. The summed E-state index contributed by atoms with van der Waals surface area (Å²) < 4.78 is 0. The molecule has 0 radical (unpaired) electrons. The molecule has 2 fully saturated rings. The lowest BCUT2D eigenvalue weighted by molar-refractivity contribution is -0.154. The molecule has 5 atom stereocenters. The van der Waals surface area contributed by atoms with E-state index < -0.39 is 22.5 Å². The van der Waals surface area contributed by atoms with Crippen LogP contribution in [0.2, 0.25) is 20.1 Å². The van der Waals surface area contributed by atoms with Crippen LogP contribution in [-0.4, -0.2) is 41.5 Å². The normalized spacial score (nSPS) is 29.9. The lowest BCUT2D eigenvalue weighted by Crippen LogP contribution is -2.60. The van der Waals surface area contributed by atoms with Gasteiger partial charge < -0.3 is 10.2 Å². The molecule has 3 spiro atoms. The molecule has 46 heavy (non-hydrogen) atoms. The van der Waals surface area contributed by atoms with Gasteiger partial charge in [0.05, 0.1) is 21.4 Å². The first kappa shape index (κ1) is 30.0.